The van der Waals surface area contributed by atoms with Crippen LogP contribution in [0.5, 0.6) is 0 Å². The van der Waals surface area contributed by atoms with Crippen LogP contribution < -0.4 is 5.73 Å². The van der Waals surface area contributed by atoms with Crippen molar-refractivity contribution in [1.82, 2.24) is 0 Å². The van der Waals surface area contributed by atoms with Gasteiger partial charge >= 0.3 is 0 Å². The molecular weight excluding hydrogens is 178 g/mol. The zero-order chi connectivity index (χ0) is 10.2. The number of rotatable bonds is 1. The Kier molecular flexibility index (Phi) is 1.05. The Bertz CT molecular complexity index is 324. The lowest BCUT2D eigenvalue weighted by molar-refractivity contribution is 1.07. The first-order valence-electron chi connectivity index (χ1n) is 4.45. The maximum absolute atomic E-state index is 7.47. The van der Waals surface area contributed by atoms with Gasteiger partial charge in [0.25, 0.3) is 0 Å². The second kappa shape index (κ2) is 2.99. The average molecular weight is 190 g/mol. The molecule has 0 amide bonds. The quantitative estimate of drug-likeness (QED) is 0.719. The Balaban J connectivity index is 3.56. The van der Waals surface area contributed by atoms with Crippen molar-refractivity contribution in [1.29, 1.82) is 0 Å². The second-order valence-electron chi connectivity index (χ2n) is 1.50. The molecule has 0 aliphatic heterocycles. The molecule has 9 heavy (non-hydrogen) atoms. The number of hydrogen-bond acceptors (Lipinski definition) is 1. The lowest BCUT2D eigenvalue weighted by Crippen LogP contribution is -1.94. The van der Waals surface area contributed by atoms with Gasteiger partial charge in [0.15, 0.2) is 0 Å². The topological polar surface area (TPSA) is 26.0 Å². The molecule has 1 rings (SSSR count). The second-order valence-corrected chi connectivity index (χ2v) is 2.29. The van der Waals surface area contributed by atoms with Crippen LogP contribution in [-0.4, -0.2) is 0 Å². The summed E-state index contributed by atoms with van der Waals surface area (Å²) in [7, 11) is 0. The molecule has 0 aliphatic carbocycles. The molecule has 0 heterocycles. The van der Waals surface area contributed by atoms with Crippen LogP contribution >= 0.6 is 15.9 Å². The maximum Gasteiger partial charge on any atom is 0.0635 e. The van der Waals surface area contributed by atoms with E-state index in [9.17, 15) is 0 Å². The van der Waals surface area contributed by atoms with E-state index in [-0.39, 0.29) is 40.8 Å². The summed E-state index contributed by atoms with van der Waals surface area (Å²) in [4.78, 5) is 0. The maximum atomic E-state index is 7.47. The molecule has 0 fully saturated rings. The summed E-state index contributed by atoms with van der Waals surface area (Å²) in [5, 5.41) is 0. The summed E-state index contributed by atoms with van der Waals surface area (Å²) in [6.45, 7) is 0.0166. The molecule has 0 unspecified atom stereocenters. The molecular formula is C7H8BrN. The Labute approximate surface area is 68.6 Å². The molecule has 0 aliphatic rings. The van der Waals surface area contributed by atoms with E-state index in [0.717, 1.165) is 0 Å². The summed E-state index contributed by atoms with van der Waals surface area (Å²) in [5.74, 6) is 0. The van der Waals surface area contributed by atoms with Gasteiger partial charge in [-0.2, -0.15) is 0 Å². The van der Waals surface area contributed by atoms with Crippen molar-refractivity contribution in [2.45, 2.75) is 6.54 Å². The SMILES string of the molecule is [2H]c1c([2H])c(CN)c([2H])c([2H])c1Br. The molecule has 0 spiro atoms. The van der Waals surface area contributed by atoms with E-state index < -0.39 is 0 Å². The number of halogens is 1. The largest absolute Gasteiger partial charge is 0.326 e. The Hall–Kier alpha value is -0.340. The van der Waals surface area contributed by atoms with Crippen LogP contribution in [0.15, 0.2) is 28.6 Å². The molecule has 1 aromatic rings. The van der Waals surface area contributed by atoms with Crippen LogP contribution in [0.25, 0.3) is 0 Å². The molecule has 0 saturated carbocycles. The van der Waals surface area contributed by atoms with Gasteiger partial charge in [-0.1, -0.05) is 28.0 Å². The average Bonchev–Trinajstić information content (AvgIpc) is 2.13. The predicted octanol–water partition coefficient (Wildman–Crippen LogP) is 1.91. The summed E-state index contributed by atoms with van der Waals surface area (Å²) in [6.07, 6.45) is 0. The monoisotopic (exact) mass is 189 g/mol. The first-order valence-corrected chi connectivity index (χ1v) is 3.24. The minimum atomic E-state index is -0.0820. The fourth-order valence-corrected chi connectivity index (χ4v) is 0.623. The van der Waals surface area contributed by atoms with Crippen molar-refractivity contribution in [3.63, 3.8) is 0 Å². The molecule has 0 aromatic heterocycles. The van der Waals surface area contributed by atoms with E-state index in [4.69, 9.17) is 11.2 Å². The molecule has 1 aromatic carbocycles. The standard InChI is InChI=1S/C7H8BrN/c8-7-3-1-6(5-9)2-4-7/h1-4H,5,9H2/i1D,2D,3D,4D. The number of benzene rings is 1. The van der Waals surface area contributed by atoms with Crippen LogP contribution in [-0.2, 0) is 6.54 Å². The Morgan fingerprint density at radius 3 is 2.44 bits per heavy atom. The van der Waals surface area contributed by atoms with Crippen molar-refractivity contribution in [2.24, 2.45) is 5.73 Å². The highest BCUT2D eigenvalue weighted by molar-refractivity contribution is 9.10. The van der Waals surface area contributed by atoms with Crippen molar-refractivity contribution in [2.75, 3.05) is 0 Å². The van der Waals surface area contributed by atoms with Crippen LogP contribution in [0, 0.1) is 0 Å². The lowest BCUT2D eigenvalue weighted by atomic mass is 10.2. The van der Waals surface area contributed by atoms with E-state index in [1.165, 1.54) is 0 Å². The van der Waals surface area contributed by atoms with Gasteiger partial charge < -0.3 is 5.73 Å². The van der Waals surface area contributed by atoms with E-state index in [2.05, 4.69) is 15.9 Å². The molecule has 1 nitrogen and oxygen atoms in total. The van der Waals surface area contributed by atoms with Crippen LogP contribution in [0.3, 0.4) is 0 Å². The molecule has 2 N–H and O–H groups in total. The van der Waals surface area contributed by atoms with Crippen molar-refractivity contribution in [3.8, 4) is 0 Å². The summed E-state index contributed by atoms with van der Waals surface area (Å²) >= 11 is 2.99. The van der Waals surface area contributed by atoms with Crippen LogP contribution in [0.4, 0.5) is 0 Å². The minimum absolute atomic E-state index is 0.0166. The Morgan fingerprint density at radius 2 is 2.00 bits per heavy atom. The predicted molar refractivity (Wildman–Crippen MR) is 42.0 cm³/mol. The third-order valence-corrected chi connectivity index (χ3v) is 1.25. The van der Waals surface area contributed by atoms with Gasteiger partial charge in [0, 0.05) is 11.0 Å². The van der Waals surface area contributed by atoms with Gasteiger partial charge in [-0.3, -0.25) is 0 Å². The first-order chi connectivity index (χ1) is 6.00. The number of nitrogens with two attached hydrogens (primary N) is 1. The van der Waals surface area contributed by atoms with E-state index in [0.29, 0.717) is 0 Å². The van der Waals surface area contributed by atoms with Crippen molar-refractivity contribution < 1.29 is 5.48 Å². The van der Waals surface area contributed by atoms with Gasteiger partial charge in [0.2, 0.25) is 0 Å². The number of hydrogen-bond donors (Lipinski definition) is 1. The highest BCUT2D eigenvalue weighted by Crippen LogP contribution is 2.09. The van der Waals surface area contributed by atoms with E-state index in [1.807, 2.05) is 0 Å². The molecule has 2 heteroatoms. The zero-order valence-electron chi connectivity index (χ0n) is 8.66. The summed E-state index contributed by atoms with van der Waals surface area (Å²) in [5.41, 5.74) is 5.57. The van der Waals surface area contributed by atoms with Crippen molar-refractivity contribution >= 4 is 15.9 Å². The third kappa shape index (κ3) is 1.80. The van der Waals surface area contributed by atoms with Gasteiger partial charge in [-0.05, 0) is 17.6 Å². The highest BCUT2D eigenvalue weighted by Gasteiger charge is 1.86. The van der Waals surface area contributed by atoms with Crippen molar-refractivity contribution in [3.05, 3.63) is 34.2 Å². The molecule has 0 atom stereocenters. The van der Waals surface area contributed by atoms with Crippen LogP contribution in [0.1, 0.15) is 11.0 Å². The fourth-order valence-electron chi connectivity index (χ4n) is 0.425. The van der Waals surface area contributed by atoms with E-state index >= 15 is 0 Å². The van der Waals surface area contributed by atoms with Gasteiger partial charge in [0.05, 0.1) is 5.48 Å². The zero-order valence-corrected chi connectivity index (χ0v) is 6.25. The Morgan fingerprint density at radius 1 is 1.44 bits per heavy atom. The molecule has 0 saturated heterocycles. The smallest absolute Gasteiger partial charge is 0.0635 e. The molecule has 48 valence electrons. The summed E-state index contributed by atoms with van der Waals surface area (Å²) in [6, 6.07) is -0.311. The van der Waals surface area contributed by atoms with Gasteiger partial charge in [-0.25, -0.2) is 0 Å². The van der Waals surface area contributed by atoms with E-state index in [1.54, 1.807) is 0 Å². The molecule has 0 radical (unpaired) electrons. The highest BCUT2D eigenvalue weighted by atomic mass is 79.9. The van der Waals surface area contributed by atoms with Gasteiger partial charge in [0.1, 0.15) is 0 Å². The van der Waals surface area contributed by atoms with Crippen LogP contribution in [0.2, 0.25) is 0 Å². The first kappa shape index (κ1) is 3.17. The lowest BCUT2D eigenvalue weighted by Gasteiger charge is -1.93. The fraction of sp³-hybridized carbons (Fsp3) is 0.143. The minimum Gasteiger partial charge on any atom is -0.326 e. The normalized spacial score (nSPS) is 15.8. The van der Waals surface area contributed by atoms with Gasteiger partial charge in [-0.15, -0.1) is 0 Å². The molecule has 0 bridgehead atoms. The third-order valence-electron chi connectivity index (χ3n) is 0.850. The summed E-state index contributed by atoms with van der Waals surface area (Å²) < 4.78 is 30.0.